The van der Waals surface area contributed by atoms with Crippen LogP contribution in [0.2, 0.25) is 0 Å². The molecule has 2 aromatic heterocycles. The molecule has 17 heavy (non-hydrogen) atoms. The Morgan fingerprint density at radius 1 is 1.18 bits per heavy atom. The molecule has 2 N–H and O–H groups in total. The van der Waals surface area contributed by atoms with Gasteiger partial charge in [0.25, 0.3) is 14.6 Å². The maximum atomic E-state index is 10.7. The molecule has 0 saturated heterocycles. The van der Waals surface area contributed by atoms with Crippen molar-refractivity contribution in [2.24, 2.45) is 10.2 Å². The SMILES string of the molecule is O=c1[nH]nc(/N=N/c2nnc(S(=O)(=O)O)s2)s1. The van der Waals surface area contributed by atoms with Crippen LogP contribution in [0.4, 0.5) is 10.3 Å². The Hall–Kier alpha value is -1.57. The predicted octanol–water partition coefficient (Wildman–Crippen LogP) is 0.345. The standard InChI is InChI=1S/C4H2N6O4S3/c11-3-9-7-1(15-3)5-6-2-8-10-4(16-2)17(12,13)14/h(H,9,11)(H,12,13,14)/b6-5+. The van der Waals surface area contributed by atoms with Crippen LogP contribution in [0.5, 0.6) is 0 Å². The van der Waals surface area contributed by atoms with E-state index in [2.05, 4.69) is 30.6 Å². The summed E-state index contributed by atoms with van der Waals surface area (Å²) < 4.78 is 29.4. The highest BCUT2D eigenvalue weighted by Crippen LogP contribution is 2.24. The zero-order chi connectivity index (χ0) is 12.5. The fraction of sp³-hybridized carbons (Fsp3) is 0. The van der Waals surface area contributed by atoms with Gasteiger partial charge in [-0.1, -0.05) is 11.3 Å². The van der Waals surface area contributed by atoms with Crippen LogP contribution in [-0.2, 0) is 10.1 Å². The lowest BCUT2D eigenvalue weighted by Gasteiger charge is -1.82. The first kappa shape index (κ1) is 11.9. The van der Waals surface area contributed by atoms with Crippen molar-refractivity contribution < 1.29 is 13.0 Å². The number of aromatic amines is 1. The highest BCUT2D eigenvalue weighted by molar-refractivity contribution is 7.88. The van der Waals surface area contributed by atoms with Gasteiger partial charge in [-0.25, -0.2) is 5.10 Å². The molecule has 13 heteroatoms. The lowest BCUT2D eigenvalue weighted by atomic mass is 11.2. The van der Waals surface area contributed by atoms with Gasteiger partial charge in [-0.15, -0.1) is 25.5 Å². The van der Waals surface area contributed by atoms with Crippen molar-refractivity contribution in [3.05, 3.63) is 9.67 Å². The van der Waals surface area contributed by atoms with Crippen molar-refractivity contribution in [2.45, 2.75) is 4.34 Å². The molecule has 0 bridgehead atoms. The minimum Gasteiger partial charge on any atom is -0.280 e. The van der Waals surface area contributed by atoms with E-state index in [1.165, 1.54) is 0 Å². The van der Waals surface area contributed by atoms with Crippen molar-refractivity contribution in [1.82, 2.24) is 20.4 Å². The predicted molar refractivity (Wildman–Crippen MR) is 56.6 cm³/mol. The Morgan fingerprint density at radius 3 is 2.41 bits per heavy atom. The number of nitrogens with one attached hydrogen (secondary N) is 1. The van der Waals surface area contributed by atoms with Gasteiger partial charge < -0.3 is 0 Å². The summed E-state index contributed by atoms with van der Waals surface area (Å²) in [7, 11) is -4.39. The Bertz CT molecular complexity index is 709. The summed E-state index contributed by atoms with van der Waals surface area (Å²) in [5.41, 5.74) is 0. The van der Waals surface area contributed by atoms with Crippen LogP contribution in [0.15, 0.2) is 19.4 Å². The zero-order valence-corrected chi connectivity index (χ0v) is 10.1. The van der Waals surface area contributed by atoms with Crippen molar-refractivity contribution in [3.63, 3.8) is 0 Å². The van der Waals surface area contributed by atoms with Crippen LogP contribution in [0, 0.1) is 0 Å². The van der Waals surface area contributed by atoms with Gasteiger partial charge in [0.05, 0.1) is 0 Å². The van der Waals surface area contributed by atoms with Gasteiger partial charge in [0.15, 0.2) is 0 Å². The van der Waals surface area contributed by atoms with E-state index >= 15 is 0 Å². The van der Waals surface area contributed by atoms with Gasteiger partial charge in [0.1, 0.15) is 0 Å². The summed E-state index contributed by atoms with van der Waals surface area (Å²) >= 11 is 1.26. The third kappa shape index (κ3) is 2.96. The molecule has 90 valence electrons. The summed E-state index contributed by atoms with van der Waals surface area (Å²) in [6.07, 6.45) is 0. The van der Waals surface area contributed by atoms with E-state index in [1.807, 2.05) is 0 Å². The fourth-order valence-electron chi connectivity index (χ4n) is 0.698. The van der Waals surface area contributed by atoms with Crippen molar-refractivity contribution >= 4 is 43.1 Å². The molecule has 10 nitrogen and oxygen atoms in total. The Kier molecular flexibility index (Phi) is 3.05. The number of azo groups is 1. The second kappa shape index (κ2) is 4.36. The molecule has 0 atom stereocenters. The van der Waals surface area contributed by atoms with Crippen LogP contribution in [0.3, 0.4) is 0 Å². The summed E-state index contributed by atoms with van der Waals surface area (Å²) in [5, 5.41) is 19.2. The number of nitrogens with zero attached hydrogens (tertiary/aromatic N) is 5. The quantitative estimate of drug-likeness (QED) is 0.611. The normalized spacial score (nSPS) is 12.3. The molecule has 0 aliphatic rings. The topological polar surface area (TPSA) is 151 Å². The highest BCUT2D eigenvalue weighted by atomic mass is 32.3. The first-order chi connectivity index (χ1) is 7.95. The Balaban J connectivity index is 2.23. The van der Waals surface area contributed by atoms with E-state index < -0.39 is 19.3 Å². The summed E-state index contributed by atoms with van der Waals surface area (Å²) in [5.74, 6) is 0. The maximum absolute atomic E-state index is 10.7. The fourth-order valence-corrected chi connectivity index (χ4v) is 2.32. The molecular formula is C4H2N6O4S3. The Morgan fingerprint density at radius 2 is 1.88 bits per heavy atom. The zero-order valence-electron chi connectivity index (χ0n) is 7.63. The van der Waals surface area contributed by atoms with Gasteiger partial charge in [-0.05, 0) is 11.3 Å². The molecule has 0 saturated carbocycles. The molecular weight excluding hydrogens is 292 g/mol. The molecule has 0 unspecified atom stereocenters. The van der Waals surface area contributed by atoms with E-state index in [0.717, 1.165) is 11.3 Å². The van der Waals surface area contributed by atoms with E-state index in [9.17, 15) is 13.2 Å². The number of H-pyrrole nitrogens is 1. The van der Waals surface area contributed by atoms with E-state index in [1.54, 1.807) is 0 Å². The van der Waals surface area contributed by atoms with Gasteiger partial charge in [-0.2, -0.15) is 8.42 Å². The van der Waals surface area contributed by atoms with Crippen molar-refractivity contribution in [3.8, 4) is 0 Å². The molecule has 2 aromatic rings. The molecule has 0 spiro atoms. The molecule has 0 aliphatic heterocycles. The average Bonchev–Trinajstić information content (AvgIpc) is 2.82. The molecule has 2 heterocycles. The van der Waals surface area contributed by atoms with Crippen LogP contribution in [0.25, 0.3) is 0 Å². The lowest BCUT2D eigenvalue weighted by Crippen LogP contribution is -1.96. The summed E-state index contributed by atoms with van der Waals surface area (Å²) in [6.45, 7) is 0. The third-order valence-electron chi connectivity index (χ3n) is 1.26. The smallest absolute Gasteiger partial charge is 0.280 e. The van der Waals surface area contributed by atoms with Crippen LogP contribution >= 0.6 is 22.7 Å². The molecule has 0 radical (unpaired) electrons. The molecule has 0 amide bonds. The van der Waals surface area contributed by atoms with Crippen LogP contribution < -0.4 is 4.87 Å². The van der Waals surface area contributed by atoms with E-state index in [0.29, 0.717) is 11.3 Å². The molecule has 0 aromatic carbocycles. The first-order valence-electron chi connectivity index (χ1n) is 3.73. The molecule has 0 fully saturated rings. The minimum atomic E-state index is -4.39. The van der Waals surface area contributed by atoms with E-state index in [-0.39, 0.29) is 10.3 Å². The second-order valence-electron chi connectivity index (χ2n) is 2.42. The monoisotopic (exact) mass is 294 g/mol. The summed E-state index contributed by atoms with van der Waals surface area (Å²) in [6, 6.07) is 0. The molecule has 0 aliphatic carbocycles. The number of rotatable bonds is 3. The maximum Gasteiger partial charge on any atom is 0.324 e. The highest BCUT2D eigenvalue weighted by Gasteiger charge is 2.16. The van der Waals surface area contributed by atoms with Gasteiger partial charge in [0, 0.05) is 0 Å². The largest absolute Gasteiger partial charge is 0.324 e. The van der Waals surface area contributed by atoms with Crippen molar-refractivity contribution in [2.75, 3.05) is 0 Å². The number of hydrogen-bond acceptors (Lipinski definition) is 10. The van der Waals surface area contributed by atoms with E-state index in [4.69, 9.17) is 4.55 Å². The van der Waals surface area contributed by atoms with Gasteiger partial charge in [0.2, 0.25) is 0 Å². The molecule has 2 rings (SSSR count). The Labute approximate surface area is 101 Å². The van der Waals surface area contributed by atoms with Gasteiger partial charge >= 0.3 is 15.0 Å². The van der Waals surface area contributed by atoms with Crippen LogP contribution in [0.1, 0.15) is 0 Å². The average molecular weight is 294 g/mol. The first-order valence-corrected chi connectivity index (χ1v) is 6.81. The van der Waals surface area contributed by atoms with Crippen molar-refractivity contribution in [1.29, 1.82) is 0 Å². The number of hydrogen-bond donors (Lipinski definition) is 2. The third-order valence-corrected chi connectivity index (χ3v) is 3.90. The number of aromatic nitrogens is 4. The minimum absolute atomic E-state index is 0.0682. The van der Waals surface area contributed by atoms with Crippen LogP contribution in [-0.4, -0.2) is 33.4 Å². The second-order valence-corrected chi connectivity index (χ2v) is 5.91. The van der Waals surface area contributed by atoms with Gasteiger partial charge in [-0.3, -0.25) is 9.35 Å². The lowest BCUT2D eigenvalue weighted by molar-refractivity contribution is 0.481. The summed E-state index contributed by atoms with van der Waals surface area (Å²) in [4.78, 5) is 10.3.